The molecule has 1 aliphatic heterocycles. The molecule has 1 aliphatic rings. The Morgan fingerprint density at radius 1 is 1.03 bits per heavy atom. The maximum atomic E-state index is 12.9. The molecule has 0 unspecified atom stereocenters. The molecule has 0 bridgehead atoms. The van der Waals surface area contributed by atoms with E-state index in [9.17, 15) is 18.0 Å². The molecule has 1 saturated heterocycles. The van der Waals surface area contributed by atoms with E-state index < -0.39 is 16.0 Å². The summed E-state index contributed by atoms with van der Waals surface area (Å²) in [5, 5.41) is 1.85. The zero-order valence-corrected chi connectivity index (χ0v) is 17.8. The first-order chi connectivity index (χ1) is 14.0. The van der Waals surface area contributed by atoms with Crippen molar-refractivity contribution in [3.8, 4) is 0 Å². The van der Waals surface area contributed by atoms with E-state index >= 15 is 0 Å². The van der Waals surface area contributed by atoms with Crippen molar-refractivity contribution in [3.63, 3.8) is 0 Å². The third-order valence-corrected chi connectivity index (χ3v) is 7.66. The van der Waals surface area contributed by atoms with Gasteiger partial charge < -0.3 is 4.74 Å². The predicted molar refractivity (Wildman–Crippen MR) is 112 cm³/mol. The fourth-order valence-corrected chi connectivity index (χ4v) is 5.51. The van der Waals surface area contributed by atoms with Gasteiger partial charge in [0.15, 0.2) is 5.78 Å². The van der Waals surface area contributed by atoms with Crippen LogP contribution in [0.5, 0.6) is 0 Å². The van der Waals surface area contributed by atoms with E-state index in [1.165, 1.54) is 27.8 Å². The van der Waals surface area contributed by atoms with Crippen molar-refractivity contribution in [3.05, 3.63) is 52.2 Å². The van der Waals surface area contributed by atoms with Gasteiger partial charge >= 0.3 is 5.97 Å². The molecule has 0 amide bonds. The number of ether oxygens (including phenoxy) is 1. The summed E-state index contributed by atoms with van der Waals surface area (Å²) in [4.78, 5) is 25.1. The highest BCUT2D eigenvalue weighted by Gasteiger charge is 2.26. The number of benzene rings is 1. The zero-order chi connectivity index (χ0) is 20.7. The van der Waals surface area contributed by atoms with E-state index in [-0.39, 0.29) is 22.8 Å². The minimum absolute atomic E-state index is 0.0292. The van der Waals surface area contributed by atoms with Crippen molar-refractivity contribution in [1.82, 2.24) is 4.31 Å². The van der Waals surface area contributed by atoms with Crippen molar-refractivity contribution < 1.29 is 22.7 Å². The van der Waals surface area contributed by atoms with E-state index in [0.717, 1.165) is 25.7 Å². The van der Waals surface area contributed by atoms with Crippen LogP contribution in [0, 0.1) is 0 Å². The van der Waals surface area contributed by atoms with Crippen LogP contribution in [-0.4, -0.2) is 44.2 Å². The van der Waals surface area contributed by atoms with Crippen molar-refractivity contribution in [2.24, 2.45) is 0 Å². The smallest absolute Gasteiger partial charge is 0.338 e. The van der Waals surface area contributed by atoms with Crippen LogP contribution in [0.1, 0.15) is 58.6 Å². The normalized spacial score (nSPS) is 15.6. The summed E-state index contributed by atoms with van der Waals surface area (Å²) in [7, 11) is -3.62. The maximum Gasteiger partial charge on any atom is 0.338 e. The summed E-state index contributed by atoms with van der Waals surface area (Å²) in [6.07, 6.45) is 4.50. The Kier molecular flexibility index (Phi) is 7.57. The van der Waals surface area contributed by atoms with Crippen LogP contribution >= 0.6 is 11.3 Å². The molecule has 1 fully saturated rings. The first-order valence-electron chi connectivity index (χ1n) is 9.82. The first-order valence-corrected chi connectivity index (χ1v) is 12.1. The number of esters is 1. The number of rotatable bonds is 8. The molecular formula is C21H25NO5S2. The Morgan fingerprint density at radius 2 is 1.79 bits per heavy atom. The van der Waals surface area contributed by atoms with Crippen molar-refractivity contribution in [2.45, 2.75) is 43.4 Å². The lowest BCUT2D eigenvalue weighted by molar-refractivity contribution is 0.0494. The Labute approximate surface area is 175 Å². The molecule has 0 saturated carbocycles. The molecule has 2 heterocycles. The fraction of sp³-hybridized carbons (Fsp3) is 0.429. The second-order valence-corrected chi connectivity index (χ2v) is 9.87. The SMILES string of the molecule is O=C(OCCCC(=O)c1cccs1)c1cccc(S(=O)(=O)N2CCCCCC2)c1. The largest absolute Gasteiger partial charge is 0.462 e. The van der Waals surface area contributed by atoms with Gasteiger partial charge in [-0.2, -0.15) is 4.31 Å². The summed E-state index contributed by atoms with van der Waals surface area (Å²) in [5.74, 6) is -0.553. The van der Waals surface area contributed by atoms with Crippen LogP contribution in [0.25, 0.3) is 0 Å². The van der Waals surface area contributed by atoms with Crippen molar-refractivity contribution in [1.29, 1.82) is 0 Å². The number of Topliss-reactive ketones (excluding diaryl/α,β-unsaturated/α-hetero) is 1. The first kappa shape index (κ1) is 21.7. The van der Waals surface area contributed by atoms with Gasteiger partial charge in [0, 0.05) is 19.5 Å². The molecule has 0 spiro atoms. The number of carbonyl (C=O) groups is 2. The molecular weight excluding hydrogens is 410 g/mol. The van der Waals surface area contributed by atoms with Crippen molar-refractivity contribution >= 4 is 33.1 Å². The fourth-order valence-electron chi connectivity index (χ4n) is 3.26. The average Bonchev–Trinajstić information content (AvgIpc) is 3.13. The lowest BCUT2D eigenvalue weighted by Crippen LogP contribution is -2.32. The molecule has 0 radical (unpaired) electrons. The highest BCUT2D eigenvalue weighted by molar-refractivity contribution is 7.89. The van der Waals surface area contributed by atoms with E-state index in [0.29, 0.717) is 30.8 Å². The number of ketones is 1. The van der Waals surface area contributed by atoms with E-state index in [1.54, 1.807) is 18.2 Å². The number of hydrogen-bond acceptors (Lipinski definition) is 6. The topological polar surface area (TPSA) is 80.8 Å². The third-order valence-electron chi connectivity index (χ3n) is 4.85. The molecule has 1 aromatic heterocycles. The second kappa shape index (κ2) is 10.1. The van der Waals surface area contributed by atoms with Gasteiger partial charge in [-0.05, 0) is 48.9 Å². The van der Waals surface area contributed by atoms with Crippen LogP contribution in [0.3, 0.4) is 0 Å². The van der Waals surface area contributed by atoms with Gasteiger partial charge in [-0.1, -0.05) is 25.0 Å². The number of carbonyl (C=O) groups excluding carboxylic acids is 2. The molecule has 0 aliphatic carbocycles. The summed E-state index contributed by atoms with van der Waals surface area (Å²) < 4.78 is 32.5. The van der Waals surface area contributed by atoms with Crippen LogP contribution in [0.15, 0.2) is 46.7 Å². The van der Waals surface area contributed by atoms with E-state index in [2.05, 4.69) is 0 Å². The standard InChI is InChI=1S/C21H25NO5S2/c23-19(20-11-7-15-28-20)10-6-14-27-21(24)17-8-5-9-18(16-17)29(25,26)22-12-3-1-2-4-13-22/h5,7-9,11,15-16H,1-4,6,10,12-14H2. The Bertz CT molecular complexity index is 930. The van der Waals surface area contributed by atoms with E-state index in [1.807, 2.05) is 11.4 Å². The zero-order valence-electron chi connectivity index (χ0n) is 16.2. The highest BCUT2D eigenvalue weighted by Crippen LogP contribution is 2.21. The summed E-state index contributed by atoms with van der Waals surface area (Å²) in [6, 6.07) is 9.58. The van der Waals surface area contributed by atoms with Crippen LogP contribution in [-0.2, 0) is 14.8 Å². The molecule has 6 nitrogen and oxygen atoms in total. The summed E-state index contributed by atoms with van der Waals surface area (Å²) in [6.45, 7) is 1.13. The number of nitrogens with zero attached hydrogens (tertiary/aromatic N) is 1. The van der Waals surface area contributed by atoms with Gasteiger partial charge in [-0.15, -0.1) is 11.3 Å². The minimum Gasteiger partial charge on any atom is -0.462 e. The third kappa shape index (κ3) is 5.74. The lowest BCUT2D eigenvalue weighted by atomic mass is 10.2. The Hall–Kier alpha value is -2.03. The van der Waals surface area contributed by atoms with Gasteiger partial charge in [0.05, 0.1) is 21.9 Å². The molecule has 0 N–H and O–H groups in total. The highest BCUT2D eigenvalue weighted by atomic mass is 32.2. The lowest BCUT2D eigenvalue weighted by Gasteiger charge is -2.20. The number of thiophene rings is 1. The Balaban J connectivity index is 1.56. The van der Waals surface area contributed by atoms with Gasteiger partial charge in [0.1, 0.15) is 0 Å². The van der Waals surface area contributed by atoms with Gasteiger partial charge in [0.25, 0.3) is 0 Å². The monoisotopic (exact) mass is 435 g/mol. The summed E-state index contributed by atoms with van der Waals surface area (Å²) >= 11 is 1.39. The maximum absolute atomic E-state index is 12.9. The molecule has 0 atom stereocenters. The molecule has 8 heteroatoms. The molecule has 3 rings (SSSR count). The average molecular weight is 436 g/mol. The van der Waals surface area contributed by atoms with Crippen molar-refractivity contribution in [2.75, 3.05) is 19.7 Å². The quantitative estimate of drug-likeness (QED) is 0.354. The van der Waals surface area contributed by atoms with Gasteiger partial charge in [0.2, 0.25) is 10.0 Å². The number of sulfonamides is 1. The molecule has 1 aromatic carbocycles. The van der Waals surface area contributed by atoms with Crippen LogP contribution in [0.4, 0.5) is 0 Å². The minimum atomic E-state index is -3.62. The van der Waals surface area contributed by atoms with Crippen LogP contribution in [0.2, 0.25) is 0 Å². The number of hydrogen-bond donors (Lipinski definition) is 0. The molecule has 156 valence electrons. The van der Waals surface area contributed by atoms with Gasteiger partial charge in [-0.25, -0.2) is 13.2 Å². The molecule has 29 heavy (non-hydrogen) atoms. The van der Waals surface area contributed by atoms with E-state index in [4.69, 9.17) is 4.74 Å². The molecule has 2 aromatic rings. The summed E-state index contributed by atoms with van der Waals surface area (Å²) in [5.41, 5.74) is 0.200. The predicted octanol–water partition coefficient (Wildman–Crippen LogP) is 4.13. The van der Waals surface area contributed by atoms with Crippen LogP contribution < -0.4 is 0 Å². The second-order valence-electron chi connectivity index (χ2n) is 6.99. The van der Waals surface area contributed by atoms with Gasteiger partial charge in [-0.3, -0.25) is 4.79 Å². The Morgan fingerprint density at radius 3 is 2.48 bits per heavy atom.